The van der Waals surface area contributed by atoms with Gasteiger partial charge in [-0.25, -0.2) is 12.8 Å². The summed E-state index contributed by atoms with van der Waals surface area (Å²) in [6.45, 7) is -3.60. The van der Waals surface area contributed by atoms with Crippen molar-refractivity contribution in [3.63, 3.8) is 0 Å². The number of ether oxygens (including phenoxy) is 1. The van der Waals surface area contributed by atoms with Crippen molar-refractivity contribution < 1.29 is 44.3 Å². The van der Waals surface area contributed by atoms with Crippen molar-refractivity contribution in [2.45, 2.75) is 61.4 Å². The molecule has 1 aromatic heterocycles. The van der Waals surface area contributed by atoms with Gasteiger partial charge >= 0.3 is 12.8 Å². The van der Waals surface area contributed by atoms with E-state index in [0.717, 1.165) is 30.4 Å². The Morgan fingerprint density at radius 3 is 2.49 bits per heavy atom. The summed E-state index contributed by atoms with van der Waals surface area (Å²) in [6, 6.07) is 9.46. The van der Waals surface area contributed by atoms with Crippen LogP contribution in [-0.2, 0) is 28.2 Å². The Hall–Kier alpha value is -3.46. The van der Waals surface area contributed by atoms with Gasteiger partial charge in [-0.05, 0) is 85.1 Å². The number of pyridine rings is 1. The van der Waals surface area contributed by atoms with E-state index in [1.165, 1.54) is 28.6 Å². The van der Waals surface area contributed by atoms with E-state index in [2.05, 4.69) is 15.0 Å². The van der Waals surface area contributed by atoms with Crippen LogP contribution in [0.1, 0.15) is 52.9 Å². The summed E-state index contributed by atoms with van der Waals surface area (Å²) in [4.78, 5) is 16.6. The topological polar surface area (TPSA) is 88.6 Å². The standard InChI is InChI=1S/C30H27F6N3O4S2/c31-23-13-19(30(34,35)36)15-37-24(23)16-38-27(40)18-6-7-25-22(12-18)29(8-10-44-11-9-29)26(17-4-5-17)39(25)45(41,42)21-3-1-2-20(14-21)43-28(32)33/h1-3,6-7,12-15,17,26,28H,4-5,8-11,16H2,(H,38,40). The highest BCUT2D eigenvalue weighted by atomic mass is 32.2. The molecule has 6 rings (SSSR count). The number of halogens is 6. The maximum absolute atomic E-state index is 14.3. The van der Waals surface area contributed by atoms with E-state index in [4.69, 9.17) is 0 Å². The Morgan fingerprint density at radius 1 is 1.11 bits per heavy atom. The number of nitrogens with one attached hydrogen (secondary N) is 1. The molecule has 1 saturated heterocycles. The number of thioether (sulfide) groups is 1. The number of nitrogens with zero attached hydrogens (tertiary/aromatic N) is 2. The number of amides is 1. The van der Waals surface area contributed by atoms with Crippen LogP contribution in [0.25, 0.3) is 0 Å². The van der Waals surface area contributed by atoms with Crippen molar-refractivity contribution in [1.29, 1.82) is 0 Å². The average Bonchev–Trinajstić information content (AvgIpc) is 3.79. The predicted octanol–water partition coefficient (Wildman–Crippen LogP) is 6.52. The third-order valence-electron chi connectivity index (χ3n) is 8.55. The minimum atomic E-state index is -4.77. The first-order chi connectivity index (χ1) is 21.3. The number of carbonyl (C=O) groups is 1. The fourth-order valence-corrected chi connectivity index (χ4v) is 9.43. The van der Waals surface area contributed by atoms with Gasteiger partial charge in [0.1, 0.15) is 11.6 Å². The van der Waals surface area contributed by atoms with Crippen molar-refractivity contribution in [3.05, 3.63) is 82.9 Å². The number of hydrogen-bond acceptors (Lipinski definition) is 6. The highest BCUT2D eigenvalue weighted by Crippen LogP contribution is 2.59. The maximum Gasteiger partial charge on any atom is 0.417 e. The number of carbonyl (C=O) groups excluding carboxylic acids is 1. The Balaban J connectivity index is 1.35. The van der Waals surface area contributed by atoms with Crippen molar-refractivity contribution in [2.75, 3.05) is 15.8 Å². The SMILES string of the molecule is O=C(NCc1ncc(C(F)(F)F)cc1F)c1ccc2c(c1)C1(CCSCC1)C(C1CC1)N2S(=O)(=O)c1cccc(OC(F)F)c1. The van der Waals surface area contributed by atoms with Crippen LogP contribution in [0.15, 0.2) is 59.6 Å². The maximum atomic E-state index is 14.3. The third-order valence-corrected chi connectivity index (χ3v) is 11.3. The summed E-state index contributed by atoms with van der Waals surface area (Å²) in [5.41, 5.74) is -0.992. The van der Waals surface area contributed by atoms with Gasteiger partial charge in [-0.15, -0.1) is 0 Å². The van der Waals surface area contributed by atoms with Crippen LogP contribution in [0.3, 0.4) is 0 Å². The molecule has 2 fully saturated rings. The quantitative estimate of drug-likeness (QED) is 0.275. The van der Waals surface area contributed by atoms with Gasteiger partial charge in [0.05, 0.1) is 34.4 Å². The summed E-state index contributed by atoms with van der Waals surface area (Å²) in [5.74, 6) is -0.549. The van der Waals surface area contributed by atoms with E-state index in [1.54, 1.807) is 23.9 Å². The summed E-state index contributed by atoms with van der Waals surface area (Å²) in [7, 11) is -4.27. The van der Waals surface area contributed by atoms with Gasteiger partial charge in [-0.3, -0.25) is 14.1 Å². The van der Waals surface area contributed by atoms with Crippen LogP contribution < -0.4 is 14.4 Å². The first kappa shape index (κ1) is 31.5. The highest BCUT2D eigenvalue weighted by Gasteiger charge is 2.59. The van der Waals surface area contributed by atoms with Gasteiger partial charge in [-0.1, -0.05) is 6.07 Å². The van der Waals surface area contributed by atoms with Crippen LogP contribution in [0.2, 0.25) is 0 Å². The van der Waals surface area contributed by atoms with Crippen LogP contribution in [0.4, 0.5) is 32.0 Å². The molecule has 1 unspecified atom stereocenters. The lowest BCUT2D eigenvalue weighted by molar-refractivity contribution is -0.138. The molecule has 240 valence electrons. The number of alkyl halides is 5. The lowest BCUT2D eigenvalue weighted by Crippen LogP contribution is -2.50. The molecule has 2 aromatic carbocycles. The van der Waals surface area contributed by atoms with Crippen molar-refractivity contribution >= 4 is 33.4 Å². The monoisotopic (exact) mass is 671 g/mol. The minimum Gasteiger partial charge on any atom is -0.435 e. The van der Waals surface area contributed by atoms with Gasteiger partial charge in [-0.2, -0.15) is 33.7 Å². The fourth-order valence-electron chi connectivity index (χ4n) is 6.38. The van der Waals surface area contributed by atoms with Crippen molar-refractivity contribution in [2.24, 2.45) is 5.92 Å². The molecule has 1 saturated carbocycles. The van der Waals surface area contributed by atoms with E-state index in [0.29, 0.717) is 36.4 Å². The number of sulfonamides is 1. The molecule has 1 amide bonds. The molecule has 0 bridgehead atoms. The van der Waals surface area contributed by atoms with Crippen molar-refractivity contribution in [3.8, 4) is 5.75 Å². The zero-order valence-corrected chi connectivity index (χ0v) is 25.1. The first-order valence-electron chi connectivity index (χ1n) is 14.1. The normalized spacial score (nSPS) is 19.5. The molecule has 7 nitrogen and oxygen atoms in total. The fraction of sp³-hybridized carbons (Fsp3) is 0.400. The van der Waals surface area contributed by atoms with Crippen LogP contribution in [0, 0.1) is 11.7 Å². The molecule has 1 aliphatic carbocycles. The molecule has 1 spiro atoms. The Morgan fingerprint density at radius 2 is 1.84 bits per heavy atom. The van der Waals surface area contributed by atoms with Crippen molar-refractivity contribution in [1.82, 2.24) is 10.3 Å². The molecule has 3 aliphatic rings. The van der Waals surface area contributed by atoms with Crippen LogP contribution in [0.5, 0.6) is 5.75 Å². The summed E-state index contributed by atoms with van der Waals surface area (Å²) < 4.78 is 113. The molecule has 0 radical (unpaired) electrons. The predicted molar refractivity (Wildman–Crippen MR) is 154 cm³/mol. The number of fused-ring (bicyclic) bond motifs is 2. The second kappa shape index (κ2) is 11.7. The molecule has 3 heterocycles. The number of aromatic nitrogens is 1. The molecular weight excluding hydrogens is 644 g/mol. The lowest BCUT2D eigenvalue weighted by Gasteiger charge is -2.41. The number of benzene rings is 2. The van der Waals surface area contributed by atoms with Crippen LogP contribution in [-0.4, -0.2) is 43.5 Å². The first-order valence-corrected chi connectivity index (χ1v) is 16.7. The zero-order chi connectivity index (χ0) is 32.1. The smallest absolute Gasteiger partial charge is 0.417 e. The van der Waals surface area contributed by atoms with E-state index in [9.17, 15) is 39.6 Å². The average molecular weight is 672 g/mol. The number of hydrogen-bond donors (Lipinski definition) is 1. The number of anilines is 1. The Bertz CT molecular complexity index is 1730. The van der Waals surface area contributed by atoms with Crippen LogP contribution >= 0.6 is 11.8 Å². The lowest BCUT2D eigenvalue weighted by atomic mass is 9.70. The van der Waals surface area contributed by atoms with E-state index in [-0.39, 0.29) is 27.8 Å². The van der Waals surface area contributed by atoms with E-state index >= 15 is 0 Å². The molecule has 45 heavy (non-hydrogen) atoms. The zero-order valence-electron chi connectivity index (χ0n) is 23.5. The summed E-state index contributed by atoms with van der Waals surface area (Å²) >= 11 is 1.75. The molecule has 2 aliphatic heterocycles. The van der Waals surface area contributed by atoms with Gasteiger partial charge in [0.25, 0.3) is 15.9 Å². The minimum absolute atomic E-state index is 0.0572. The summed E-state index contributed by atoms with van der Waals surface area (Å²) in [5, 5.41) is 2.50. The number of rotatable bonds is 8. The molecule has 1 atom stereocenters. The highest BCUT2D eigenvalue weighted by molar-refractivity contribution is 7.99. The molecule has 15 heteroatoms. The Kier molecular flexibility index (Phi) is 8.21. The third kappa shape index (κ3) is 5.96. The van der Waals surface area contributed by atoms with Gasteiger partial charge in [0, 0.05) is 23.2 Å². The van der Waals surface area contributed by atoms with Gasteiger partial charge in [0.15, 0.2) is 0 Å². The molecule has 1 N–H and O–H groups in total. The largest absolute Gasteiger partial charge is 0.435 e. The van der Waals surface area contributed by atoms with E-state index in [1.807, 2.05) is 0 Å². The second-order valence-electron chi connectivity index (χ2n) is 11.3. The Labute approximate surface area is 259 Å². The summed E-state index contributed by atoms with van der Waals surface area (Å²) in [6.07, 6.45) is -1.35. The molecular formula is C30H27F6N3O4S2. The van der Waals surface area contributed by atoms with Gasteiger partial charge < -0.3 is 10.1 Å². The van der Waals surface area contributed by atoms with E-state index < -0.39 is 58.1 Å². The molecule has 3 aromatic rings. The second-order valence-corrected chi connectivity index (χ2v) is 14.3. The van der Waals surface area contributed by atoms with Gasteiger partial charge in [0.2, 0.25) is 0 Å².